The Morgan fingerprint density at radius 1 is 1.27 bits per heavy atom. The van der Waals surface area contributed by atoms with Gasteiger partial charge in [-0.1, -0.05) is 6.42 Å². The summed E-state index contributed by atoms with van der Waals surface area (Å²) in [5.74, 6) is 0. The molecule has 0 aliphatic carbocycles. The van der Waals surface area contributed by atoms with Crippen molar-refractivity contribution < 1.29 is 9.53 Å². The third kappa shape index (κ3) is 4.78. The molecular formula is C15H23N4O3-. The molecule has 0 radical (unpaired) electrons. The molecule has 0 bridgehead atoms. The van der Waals surface area contributed by atoms with Crippen molar-refractivity contribution in [3.05, 3.63) is 23.4 Å². The van der Waals surface area contributed by atoms with Gasteiger partial charge in [-0.15, -0.1) is 0 Å². The molecule has 7 heteroatoms. The van der Waals surface area contributed by atoms with Crippen LogP contribution in [0.1, 0.15) is 19.3 Å². The van der Waals surface area contributed by atoms with Crippen LogP contribution in [0.25, 0.3) is 0 Å². The van der Waals surface area contributed by atoms with E-state index in [0.29, 0.717) is 11.4 Å². The van der Waals surface area contributed by atoms with E-state index in [0.717, 1.165) is 31.9 Å². The number of methoxy groups -OCH3 is 1. The van der Waals surface area contributed by atoms with E-state index < -0.39 is 6.09 Å². The second-order valence-corrected chi connectivity index (χ2v) is 5.31. The van der Waals surface area contributed by atoms with Gasteiger partial charge in [0.1, 0.15) is 0 Å². The molecule has 1 amide bonds. The van der Waals surface area contributed by atoms with E-state index in [9.17, 15) is 10.0 Å². The topological polar surface area (TPSA) is 88.7 Å². The van der Waals surface area contributed by atoms with Gasteiger partial charge >= 0.3 is 6.09 Å². The number of likely N-dealkylation sites (tertiary alicyclic amines) is 1. The highest BCUT2D eigenvalue weighted by molar-refractivity contribution is 5.87. The number of ether oxygens (including phenoxy) is 1. The summed E-state index contributed by atoms with van der Waals surface area (Å²) in [5.41, 5.74) is 3.52. The molecule has 7 nitrogen and oxygen atoms in total. The highest BCUT2D eigenvalue weighted by Gasteiger charge is 2.09. The van der Waals surface area contributed by atoms with Crippen LogP contribution in [0.3, 0.4) is 0 Å². The molecule has 122 valence electrons. The van der Waals surface area contributed by atoms with Gasteiger partial charge in [0.15, 0.2) is 0 Å². The second-order valence-electron chi connectivity index (χ2n) is 5.31. The van der Waals surface area contributed by atoms with Gasteiger partial charge in [-0.25, -0.2) is 4.79 Å². The minimum absolute atomic E-state index is 0.396. The van der Waals surface area contributed by atoms with Crippen LogP contribution >= 0.6 is 0 Å². The third-order valence-corrected chi connectivity index (χ3v) is 3.75. The highest BCUT2D eigenvalue weighted by atomic mass is 16.5. The Morgan fingerprint density at radius 3 is 2.73 bits per heavy atom. The SMILES string of the molecule is COC(=O)Nc1ccc(NCCN2CCCCC2)c(N[O-])c1. The number of carbonyl (C=O) groups is 1. The molecule has 2 rings (SSSR count). The fourth-order valence-corrected chi connectivity index (χ4v) is 2.56. The molecule has 1 heterocycles. The average molecular weight is 307 g/mol. The average Bonchev–Trinajstić information content (AvgIpc) is 2.56. The predicted octanol–water partition coefficient (Wildman–Crippen LogP) is 2.67. The summed E-state index contributed by atoms with van der Waals surface area (Å²) in [4.78, 5) is 13.6. The summed E-state index contributed by atoms with van der Waals surface area (Å²) >= 11 is 0. The van der Waals surface area contributed by atoms with Crippen LogP contribution in [0.15, 0.2) is 18.2 Å². The monoisotopic (exact) mass is 307 g/mol. The Kier molecular flexibility index (Phi) is 6.29. The molecule has 0 aromatic heterocycles. The Morgan fingerprint density at radius 2 is 2.05 bits per heavy atom. The number of nitrogens with one attached hydrogen (secondary N) is 3. The van der Waals surface area contributed by atoms with Gasteiger partial charge in [0.2, 0.25) is 0 Å². The predicted molar refractivity (Wildman–Crippen MR) is 88.2 cm³/mol. The molecule has 1 aromatic carbocycles. The lowest BCUT2D eigenvalue weighted by Gasteiger charge is -2.27. The molecular weight excluding hydrogens is 284 g/mol. The number of benzene rings is 1. The summed E-state index contributed by atoms with van der Waals surface area (Å²) in [7, 11) is 1.29. The first-order valence-electron chi connectivity index (χ1n) is 7.56. The van der Waals surface area contributed by atoms with Gasteiger partial charge in [-0.3, -0.25) is 5.32 Å². The van der Waals surface area contributed by atoms with Gasteiger partial charge in [0.05, 0.1) is 12.8 Å². The molecule has 0 unspecified atom stereocenters. The van der Waals surface area contributed by atoms with Crippen molar-refractivity contribution in [3.8, 4) is 0 Å². The van der Waals surface area contributed by atoms with Crippen LogP contribution in [0.4, 0.5) is 21.9 Å². The Balaban J connectivity index is 1.88. The van der Waals surface area contributed by atoms with E-state index in [1.54, 1.807) is 18.2 Å². The maximum absolute atomic E-state index is 11.2. The third-order valence-electron chi connectivity index (χ3n) is 3.75. The van der Waals surface area contributed by atoms with Gasteiger partial charge in [0, 0.05) is 24.5 Å². The number of piperidine rings is 1. The number of hydrogen-bond donors (Lipinski definition) is 3. The lowest BCUT2D eigenvalue weighted by atomic mass is 10.1. The highest BCUT2D eigenvalue weighted by Crippen LogP contribution is 2.25. The van der Waals surface area contributed by atoms with Crippen molar-refractivity contribution in [1.82, 2.24) is 4.90 Å². The first-order valence-corrected chi connectivity index (χ1v) is 7.56. The van der Waals surface area contributed by atoms with Crippen molar-refractivity contribution in [2.24, 2.45) is 0 Å². The molecule has 0 atom stereocenters. The largest absolute Gasteiger partial charge is 0.761 e. The molecule has 0 saturated carbocycles. The first kappa shape index (κ1) is 16.4. The molecule has 1 fully saturated rings. The second kappa shape index (κ2) is 8.45. The number of hydrogen-bond acceptors (Lipinski definition) is 6. The zero-order valence-corrected chi connectivity index (χ0v) is 12.9. The summed E-state index contributed by atoms with van der Waals surface area (Å²) in [5, 5.41) is 16.9. The number of amides is 1. The summed E-state index contributed by atoms with van der Waals surface area (Å²) in [6.45, 7) is 4.03. The molecule has 0 spiro atoms. The van der Waals surface area contributed by atoms with Crippen LogP contribution in [0, 0.1) is 5.21 Å². The number of anilines is 3. The van der Waals surface area contributed by atoms with Crippen molar-refractivity contribution >= 4 is 23.2 Å². The fraction of sp³-hybridized carbons (Fsp3) is 0.533. The van der Waals surface area contributed by atoms with E-state index in [1.165, 1.54) is 26.4 Å². The number of nitrogens with zero attached hydrogens (tertiary/aromatic N) is 1. The van der Waals surface area contributed by atoms with E-state index in [2.05, 4.69) is 20.3 Å². The maximum Gasteiger partial charge on any atom is 0.411 e. The first-order chi connectivity index (χ1) is 10.7. The standard InChI is InChI=1S/C15H23N4O3/c1-22-15(20)17-12-5-6-13(14(11-12)18-21)16-7-10-19-8-3-2-4-9-19/h5-6,11,16,18H,2-4,7-10H2,1H3,(H,17,20)/q-1. The molecule has 1 aromatic rings. The van der Waals surface area contributed by atoms with Gasteiger partial charge < -0.3 is 25.6 Å². The summed E-state index contributed by atoms with van der Waals surface area (Å²) < 4.78 is 4.52. The summed E-state index contributed by atoms with van der Waals surface area (Å²) in [6.07, 6.45) is 3.29. The Hall–Kier alpha value is -1.99. The van der Waals surface area contributed by atoms with Gasteiger partial charge in [0.25, 0.3) is 0 Å². The van der Waals surface area contributed by atoms with Crippen molar-refractivity contribution in [2.75, 3.05) is 49.4 Å². The fourth-order valence-electron chi connectivity index (χ4n) is 2.56. The Labute approximate surface area is 130 Å². The van der Waals surface area contributed by atoms with E-state index in [1.807, 2.05) is 5.48 Å². The lowest BCUT2D eigenvalue weighted by molar-refractivity contribution is 0.187. The van der Waals surface area contributed by atoms with E-state index in [4.69, 9.17) is 0 Å². The summed E-state index contributed by atoms with van der Waals surface area (Å²) in [6, 6.07) is 5.07. The Bertz CT molecular complexity index is 490. The molecule has 1 aliphatic rings. The van der Waals surface area contributed by atoms with Gasteiger partial charge in [-0.2, -0.15) is 0 Å². The van der Waals surface area contributed by atoms with Gasteiger partial charge in [-0.05, 0) is 44.1 Å². The maximum atomic E-state index is 11.2. The normalized spacial score (nSPS) is 15.2. The smallest absolute Gasteiger partial charge is 0.411 e. The molecule has 1 saturated heterocycles. The van der Waals surface area contributed by atoms with Crippen LogP contribution in [-0.4, -0.2) is 44.3 Å². The van der Waals surface area contributed by atoms with Crippen molar-refractivity contribution in [1.29, 1.82) is 0 Å². The zero-order chi connectivity index (χ0) is 15.8. The molecule has 22 heavy (non-hydrogen) atoms. The van der Waals surface area contributed by atoms with Crippen LogP contribution < -0.4 is 16.1 Å². The molecule has 1 aliphatic heterocycles. The van der Waals surface area contributed by atoms with Crippen molar-refractivity contribution in [3.63, 3.8) is 0 Å². The van der Waals surface area contributed by atoms with Crippen LogP contribution in [-0.2, 0) is 4.74 Å². The zero-order valence-electron chi connectivity index (χ0n) is 12.9. The van der Waals surface area contributed by atoms with E-state index in [-0.39, 0.29) is 0 Å². The number of rotatable bonds is 6. The van der Waals surface area contributed by atoms with Crippen LogP contribution in [0.2, 0.25) is 0 Å². The van der Waals surface area contributed by atoms with E-state index >= 15 is 0 Å². The number of carbonyl (C=O) groups excluding carboxylic acids is 1. The quantitative estimate of drug-likeness (QED) is 0.700. The lowest BCUT2D eigenvalue weighted by Crippen LogP contribution is -2.33. The molecule has 3 N–H and O–H groups in total. The van der Waals surface area contributed by atoms with Crippen LogP contribution in [0.5, 0.6) is 0 Å². The minimum atomic E-state index is -0.567. The minimum Gasteiger partial charge on any atom is -0.761 e. The van der Waals surface area contributed by atoms with Crippen molar-refractivity contribution in [2.45, 2.75) is 19.3 Å².